The first-order chi connectivity index (χ1) is 13.6. The third-order valence-corrected chi connectivity index (χ3v) is 4.81. The summed E-state index contributed by atoms with van der Waals surface area (Å²) < 4.78 is 8.12. The van der Waals surface area contributed by atoms with Crippen LogP contribution in [0.15, 0.2) is 76.4 Å². The van der Waals surface area contributed by atoms with E-state index in [9.17, 15) is 9.59 Å². The molecule has 0 radical (unpaired) electrons. The average Bonchev–Trinajstić information content (AvgIpc) is 2.73. The molecule has 0 spiro atoms. The van der Waals surface area contributed by atoms with Gasteiger partial charge >= 0.3 is 5.69 Å². The smallest absolute Gasteiger partial charge is 0.337 e. The standard InChI is InChI=1S/C22H19N3O3/c1-15-8-3-4-9-16(15)14-24-21(26)17-10-7-13-23-20(17)25(22(24)27)18-11-5-6-12-19(18)28-2/h3-13H,14H2,1-2H3. The number of ether oxygens (including phenoxy) is 1. The molecular weight excluding hydrogens is 354 g/mol. The summed E-state index contributed by atoms with van der Waals surface area (Å²) in [6.45, 7) is 2.14. The molecule has 4 rings (SSSR count). The average molecular weight is 373 g/mol. The van der Waals surface area contributed by atoms with Crippen molar-refractivity contribution in [2.75, 3.05) is 7.11 Å². The maximum absolute atomic E-state index is 13.4. The molecule has 0 unspecified atom stereocenters. The maximum Gasteiger partial charge on any atom is 0.337 e. The summed E-state index contributed by atoms with van der Waals surface area (Å²) in [5.74, 6) is 0.526. The monoisotopic (exact) mass is 373 g/mol. The van der Waals surface area contributed by atoms with Gasteiger partial charge in [-0.25, -0.2) is 14.3 Å². The number of fused-ring (bicyclic) bond motifs is 1. The van der Waals surface area contributed by atoms with E-state index in [2.05, 4.69) is 4.98 Å². The van der Waals surface area contributed by atoms with Crippen molar-refractivity contribution in [2.45, 2.75) is 13.5 Å². The molecule has 140 valence electrons. The van der Waals surface area contributed by atoms with E-state index in [0.717, 1.165) is 11.1 Å². The summed E-state index contributed by atoms with van der Waals surface area (Å²) in [6.07, 6.45) is 1.57. The van der Waals surface area contributed by atoms with Gasteiger partial charge in [0.15, 0.2) is 5.65 Å². The fourth-order valence-electron chi connectivity index (χ4n) is 3.31. The topological polar surface area (TPSA) is 66.1 Å². The number of methoxy groups -OCH3 is 1. The van der Waals surface area contributed by atoms with Gasteiger partial charge in [0.25, 0.3) is 5.56 Å². The van der Waals surface area contributed by atoms with E-state index in [0.29, 0.717) is 22.5 Å². The van der Waals surface area contributed by atoms with Crippen LogP contribution in [0.3, 0.4) is 0 Å². The molecule has 2 heterocycles. The summed E-state index contributed by atoms with van der Waals surface area (Å²) in [4.78, 5) is 30.8. The summed E-state index contributed by atoms with van der Waals surface area (Å²) in [5, 5.41) is 0.376. The van der Waals surface area contributed by atoms with Crippen LogP contribution in [-0.4, -0.2) is 21.2 Å². The van der Waals surface area contributed by atoms with Crippen LogP contribution < -0.4 is 16.0 Å². The van der Waals surface area contributed by atoms with E-state index < -0.39 is 5.69 Å². The van der Waals surface area contributed by atoms with Crippen molar-refractivity contribution < 1.29 is 4.74 Å². The Hall–Kier alpha value is -3.67. The molecular formula is C22H19N3O3. The molecule has 0 aliphatic carbocycles. The molecule has 0 N–H and O–H groups in total. The van der Waals surface area contributed by atoms with Gasteiger partial charge in [0.2, 0.25) is 0 Å². The molecule has 4 aromatic rings. The molecule has 0 saturated heterocycles. The zero-order chi connectivity index (χ0) is 19.7. The molecule has 6 heteroatoms. The largest absolute Gasteiger partial charge is 0.495 e. The van der Waals surface area contributed by atoms with E-state index in [1.165, 1.54) is 9.13 Å². The van der Waals surface area contributed by atoms with Crippen molar-refractivity contribution in [1.29, 1.82) is 0 Å². The highest BCUT2D eigenvalue weighted by Gasteiger charge is 2.18. The molecule has 0 aliphatic rings. The second-order valence-electron chi connectivity index (χ2n) is 6.48. The van der Waals surface area contributed by atoms with Crippen LogP contribution in [0.4, 0.5) is 0 Å². The Bertz CT molecular complexity index is 1290. The second kappa shape index (κ2) is 7.15. The molecule has 28 heavy (non-hydrogen) atoms. The Labute approximate surface area is 161 Å². The predicted molar refractivity (Wildman–Crippen MR) is 108 cm³/mol. The molecule has 0 saturated carbocycles. The zero-order valence-electron chi connectivity index (χ0n) is 15.6. The Balaban J connectivity index is 2.07. The predicted octanol–water partition coefficient (Wildman–Crippen LogP) is 2.91. The van der Waals surface area contributed by atoms with Gasteiger partial charge in [0.1, 0.15) is 5.75 Å². The minimum Gasteiger partial charge on any atom is -0.495 e. The zero-order valence-corrected chi connectivity index (χ0v) is 15.6. The molecule has 6 nitrogen and oxygen atoms in total. The number of nitrogens with zero attached hydrogens (tertiary/aromatic N) is 3. The lowest BCUT2D eigenvalue weighted by molar-refractivity contribution is 0.412. The van der Waals surface area contributed by atoms with Gasteiger partial charge in [-0.15, -0.1) is 0 Å². The highest BCUT2D eigenvalue weighted by molar-refractivity contribution is 5.76. The van der Waals surface area contributed by atoms with Gasteiger partial charge in [-0.1, -0.05) is 36.4 Å². The van der Waals surface area contributed by atoms with E-state index in [4.69, 9.17) is 4.74 Å². The highest BCUT2D eigenvalue weighted by Crippen LogP contribution is 2.22. The van der Waals surface area contributed by atoms with Gasteiger partial charge < -0.3 is 4.74 Å². The number of hydrogen-bond donors (Lipinski definition) is 0. The van der Waals surface area contributed by atoms with Gasteiger partial charge in [0, 0.05) is 6.20 Å². The van der Waals surface area contributed by atoms with Crippen molar-refractivity contribution >= 4 is 11.0 Å². The fourth-order valence-corrected chi connectivity index (χ4v) is 3.31. The number of aryl methyl sites for hydroxylation is 1. The van der Waals surface area contributed by atoms with Gasteiger partial charge in [-0.3, -0.25) is 9.36 Å². The van der Waals surface area contributed by atoms with E-state index >= 15 is 0 Å². The van der Waals surface area contributed by atoms with Gasteiger partial charge in [-0.2, -0.15) is 0 Å². The normalized spacial score (nSPS) is 10.9. The van der Waals surface area contributed by atoms with Crippen molar-refractivity contribution in [1.82, 2.24) is 14.1 Å². The molecule has 0 atom stereocenters. The molecule has 2 aromatic heterocycles. The van der Waals surface area contributed by atoms with Crippen LogP contribution >= 0.6 is 0 Å². The number of benzene rings is 2. The lowest BCUT2D eigenvalue weighted by atomic mass is 10.1. The second-order valence-corrected chi connectivity index (χ2v) is 6.48. The van der Waals surface area contributed by atoms with Crippen molar-refractivity contribution in [2.24, 2.45) is 0 Å². The quantitative estimate of drug-likeness (QED) is 0.552. The fraction of sp³-hybridized carbons (Fsp3) is 0.136. The molecule has 0 bridgehead atoms. The first kappa shape index (κ1) is 17.7. The van der Waals surface area contributed by atoms with Crippen LogP contribution in [-0.2, 0) is 6.54 Å². The lowest BCUT2D eigenvalue weighted by Crippen LogP contribution is -2.40. The highest BCUT2D eigenvalue weighted by atomic mass is 16.5. The Morgan fingerprint density at radius 1 is 0.964 bits per heavy atom. The van der Waals surface area contributed by atoms with Crippen LogP contribution in [0.25, 0.3) is 16.7 Å². The van der Waals surface area contributed by atoms with Crippen LogP contribution in [0.5, 0.6) is 5.75 Å². The van der Waals surface area contributed by atoms with Gasteiger partial charge in [-0.05, 0) is 42.3 Å². The summed E-state index contributed by atoms with van der Waals surface area (Å²) in [5.41, 5.74) is 1.96. The Morgan fingerprint density at radius 3 is 2.50 bits per heavy atom. The van der Waals surface area contributed by atoms with Gasteiger partial charge in [0.05, 0.1) is 24.7 Å². The SMILES string of the molecule is COc1ccccc1-n1c(=O)n(Cc2ccccc2C)c(=O)c2cccnc21. The lowest BCUT2D eigenvalue weighted by Gasteiger charge is -2.16. The number of pyridine rings is 1. The van der Waals surface area contributed by atoms with Crippen LogP contribution in [0.2, 0.25) is 0 Å². The Kier molecular flexibility index (Phi) is 4.53. The number of hydrogen-bond acceptors (Lipinski definition) is 4. The molecule has 0 fully saturated rings. The Morgan fingerprint density at radius 2 is 1.71 bits per heavy atom. The number of rotatable bonds is 4. The molecule has 0 aliphatic heterocycles. The minimum atomic E-state index is -0.455. The first-order valence-corrected chi connectivity index (χ1v) is 8.90. The van der Waals surface area contributed by atoms with E-state index in [1.807, 2.05) is 43.3 Å². The first-order valence-electron chi connectivity index (χ1n) is 8.90. The summed E-state index contributed by atoms with van der Waals surface area (Å²) >= 11 is 0. The third-order valence-electron chi connectivity index (χ3n) is 4.81. The molecule has 0 amide bonds. The molecule has 2 aromatic carbocycles. The maximum atomic E-state index is 13.4. The van der Waals surface area contributed by atoms with E-state index in [1.54, 1.807) is 37.6 Å². The third kappa shape index (κ3) is 2.89. The number of para-hydroxylation sites is 2. The summed E-state index contributed by atoms with van der Waals surface area (Å²) in [6, 6.07) is 18.3. The van der Waals surface area contributed by atoms with Crippen molar-refractivity contribution in [3.63, 3.8) is 0 Å². The summed E-state index contributed by atoms with van der Waals surface area (Å²) in [7, 11) is 1.54. The van der Waals surface area contributed by atoms with Crippen molar-refractivity contribution in [3.05, 3.63) is 98.8 Å². The minimum absolute atomic E-state index is 0.185. The van der Waals surface area contributed by atoms with Crippen molar-refractivity contribution in [3.8, 4) is 11.4 Å². The van der Waals surface area contributed by atoms with Crippen LogP contribution in [0.1, 0.15) is 11.1 Å². The van der Waals surface area contributed by atoms with Crippen LogP contribution in [0, 0.1) is 6.92 Å². The van der Waals surface area contributed by atoms with E-state index in [-0.39, 0.29) is 12.1 Å². The number of aromatic nitrogens is 3.